The number of rotatable bonds is 2. The number of aryl methyl sites for hydroxylation is 1. The lowest BCUT2D eigenvalue weighted by Crippen LogP contribution is -2.37. The predicted octanol–water partition coefficient (Wildman–Crippen LogP) is 3.59. The standard InChI is InChI=1S/C17H22N2O/c1-3-16(20)19-10-8-13(9-11-19)17-12(2)18-15-7-5-4-6-14(15)17/h4-7,13,18H,3,8-11H2,1-2H3. The molecule has 0 radical (unpaired) electrons. The first-order chi connectivity index (χ1) is 9.70. The Morgan fingerprint density at radius 2 is 2.00 bits per heavy atom. The molecule has 1 N–H and O–H groups in total. The Hall–Kier alpha value is -1.77. The molecule has 0 unspecified atom stereocenters. The van der Waals surface area contributed by atoms with E-state index in [1.54, 1.807) is 0 Å². The van der Waals surface area contributed by atoms with Crippen molar-refractivity contribution in [2.45, 2.75) is 39.0 Å². The normalized spacial score (nSPS) is 16.8. The Morgan fingerprint density at radius 1 is 1.30 bits per heavy atom. The Morgan fingerprint density at radius 3 is 2.70 bits per heavy atom. The van der Waals surface area contributed by atoms with Crippen LogP contribution in [0.15, 0.2) is 24.3 Å². The second-order valence-electron chi connectivity index (χ2n) is 5.72. The minimum atomic E-state index is 0.291. The van der Waals surface area contributed by atoms with Gasteiger partial charge in [-0.1, -0.05) is 25.1 Å². The molecule has 20 heavy (non-hydrogen) atoms. The molecule has 0 aliphatic carbocycles. The van der Waals surface area contributed by atoms with Crippen LogP contribution >= 0.6 is 0 Å². The number of H-pyrrole nitrogens is 1. The van der Waals surface area contributed by atoms with Crippen molar-refractivity contribution in [1.82, 2.24) is 9.88 Å². The molecule has 2 heterocycles. The van der Waals surface area contributed by atoms with Crippen molar-refractivity contribution in [2.75, 3.05) is 13.1 Å². The second-order valence-corrected chi connectivity index (χ2v) is 5.72. The van der Waals surface area contributed by atoms with Crippen LogP contribution in [0, 0.1) is 6.92 Å². The minimum Gasteiger partial charge on any atom is -0.358 e. The SMILES string of the molecule is CCC(=O)N1CCC(c2c(C)[nH]c3ccccc23)CC1. The van der Waals surface area contributed by atoms with Crippen molar-refractivity contribution < 1.29 is 4.79 Å². The van der Waals surface area contributed by atoms with Crippen LogP contribution in [0.1, 0.15) is 43.4 Å². The number of nitrogens with zero attached hydrogens (tertiary/aromatic N) is 1. The fourth-order valence-electron chi connectivity index (χ4n) is 3.47. The molecule has 0 saturated carbocycles. The van der Waals surface area contributed by atoms with Gasteiger partial charge in [0.1, 0.15) is 0 Å². The van der Waals surface area contributed by atoms with Crippen LogP contribution in [-0.4, -0.2) is 28.9 Å². The summed E-state index contributed by atoms with van der Waals surface area (Å²) < 4.78 is 0. The summed E-state index contributed by atoms with van der Waals surface area (Å²) >= 11 is 0. The smallest absolute Gasteiger partial charge is 0.222 e. The molecule has 1 saturated heterocycles. The van der Waals surface area contributed by atoms with Gasteiger partial charge < -0.3 is 9.88 Å². The molecule has 0 atom stereocenters. The van der Waals surface area contributed by atoms with E-state index in [-0.39, 0.29) is 0 Å². The lowest BCUT2D eigenvalue weighted by Gasteiger charge is -2.32. The fraction of sp³-hybridized carbons (Fsp3) is 0.471. The second kappa shape index (κ2) is 5.31. The number of hydrogen-bond donors (Lipinski definition) is 1. The van der Waals surface area contributed by atoms with Gasteiger partial charge in [-0.3, -0.25) is 4.79 Å². The van der Waals surface area contributed by atoms with Crippen LogP contribution in [0.4, 0.5) is 0 Å². The first kappa shape index (κ1) is 13.2. The van der Waals surface area contributed by atoms with E-state index in [1.807, 2.05) is 11.8 Å². The van der Waals surface area contributed by atoms with E-state index in [1.165, 1.54) is 22.2 Å². The van der Waals surface area contributed by atoms with Crippen LogP contribution < -0.4 is 0 Å². The summed E-state index contributed by atoms with van der Waals surface area (Å²) in [6.45, 7) is 5.91. The summed E-state index contributed by atoms with van der Waals surface area (Å²) in [5.41, 5.74) is 3.97. The number of carbonyl (C=O) groups is 1. The third kappa shape index (κ3) is 2.21. The maximum Gasteiger partial charge on any atom is 0.222 e. The third-order valence-corrected chi connectivity index (χ3v) is 4.50. The molecule has 1 aromatic carbocycles. The van der Waals surface area contributed by atoms with E-state index in [0.717, 1.165) is 25.9 Å². The summed E-state index contributed by atoms with van der Waals surface area (Å²) in [5, 5.41) is 1.35. The molecular weight excluding hydrogens is 248 g/mol. The van der Waals surface area contributed by atoms with Gasteiger partial charge in [0.15, 0.2) is 0 Å². The first-order valence-corrected chi connectivity index (χ1v) is 7.55. The van der Waals surface area contributed by atoms with Gasteiger partial charge in [-0.2, -0.15) is 0 Å². The van der Waals surface area contributed by atoms with Gasteiger partial charge in [-0.15, -0.1) is 0 Å². The number of benzene rings is 1. The number of para-hydroxylation sites is 1. The van der Waals surface area contributed by atoms with Crippen LogP contribution in [0.5, 0.6) is 0 Å². The zero-order valence-corrected chi connectivity index (χ0v) is 12.3. The number of hydrogen-bond acceptors (Lipinski definition) is 1. The average Bonchev–Trinajstić information content (AvgIpc) is 2.82. The number of amides is 1. The molecule has 0 bridgehead atoms. The molecule has 3 rings (SSSR count). The van der Waals surface area contributed by atoms with E-state index in [0.29, 0.717) is 18.2 Å². The highest BCUT2D eigenvalue weighted by Gasteiger charge is 2.25. The highest BCUT2D eigenvalue weighted by atomic mass is 16.2. The molecule has 106 valence electrons. The largest absolute Gasteiger partial charge is 0.358 e. The van der Waals surface area contributed by atoms with Crippen molar-refractivity contribution in [3.63, 3.8) is 0 Å². The monoisotopic (exact) mass is 270 g/mol. The number of aromatic nitrogens is 1. The lowest BCUT2D eigenvalue weighted by atomic mass is 9.87. The minimum absolute atomic E-state index is 0.291. The van der Waals surface area contributed by atoms with E-state index in [4.69, 9.17) is 0 Å². The van der Waals surface area contributed by atoms with E-state index in [9.17, 15) is 4.79 Å². The van der Waals surface area contributed by atoms with Crippen LogP contribution in [0.25, 0.3) is 10.9 Å². The van der Waals surface area contributed by atoms with Gasteiger partial charge in [0.2, 0.25) is 5.91 Å². The van der Waals surface area contributed by atoms with Gasteiger partial charge in [-0.25, -0.2) is 0 Å². The van der Waals surface area contributed by atoms with Crippen molar-refractivity contribution in [3.8, 4) is 0 Å². The van der Waals surface area contributed by atoms with Gasteiger partial charge in [0, 0.05) is 36.1 Å². The first-order valence-electron chi connectivity index (χ1n) is 7.55. The Labute approximate surface area is 120 Å². The maximum atomic E-state index is 11.8. The molecule has 1 fully saturated rings. The Bertz CT molecular complexity index is 621. The average molecular weight is 270 g/mol. The van der Waals surface area contributed by atoms with E-state index in [2.05, 4.69) is 36.2 Å². The number of fused-ring (bicyclic) bond motifs is 1. The fourth-order valence-corrected chi connectivity index (χ4v) is 3.47. The Kier molecular flexibility index (Phi) is 3.51. The molecular formula is C17H22N2O. The van der Waals surface area contributed by atoms with Crippen LogP contribution in [0.3, 0.4) is 0 Å². The zero-order valence-electron chi connectivity index (χ0n) is 12.3. The number of carbonyl (C=O) groups excluding carboxylic acids is 1. The number of likely N-dealkylation sites (tertiary alicyclic amines) is 1. The topological polar surface area (TPSA) is 36.1 Å². The summed E-state index contributed by atoms with van der Waals surface area (Å²) in [6.07, 6.45) is 2.78. The molecule has 0 spiro atoms. The van der Waals surface area contributed by atoms with Gasteiger partial charge in [0.05, 0.1) is 0 Å². The quantitative estimate of drug-likeness (QED) is 0.889. The predicted molar refractivity (Wildman–Crippen MR) is 81.9 cm³/mol. The van der Waals surface area contributed by atoms with Gasteiger partial charge in [-0.05, 0) is 37.3 Å². The van der Waals surface area contributed by atoms with Crippen molar-refractivity contribution >= 4 is 16.8 Å². The molecule has 1 amide bonds. The summed E-state index contributed by atoms with van der Waals surface area (Å²) in [5.74, 6) is 0.867. The van der Waals surface area contributed by atoms with Crippen molar-refractivity contribution in [3.05, 3.63) is 35.5 Å². The zero-order chi connectivity index (χ0) is 14.1. The summed E-state index contributed by atoms with van der Waals surface area (Å²) in [7, 11) is 0. The van der Waals surface area contributed by atoms with E-state index >= 15 is 0 Å². The van der Waals surface area contributed by atoms with Crippen molar-refractivity contribution in [1.29, 1.82) is 0 Å². The third-order valence-electron chi connectivity index (χ3n) is 4.50. The lowest BCUT2D eigenvalue weighted by molar-refractivity contribution is -0.131. The van der Waals surface area contributed by atoms with Crippen LogP contribution in [-0.2, 0) is 4.79 Å². The Balaban J connectivity index is 1.83. The number of piperidine rings is 1. The van der Waals surface area contributed by atoms with Crippen molar-refractivity contribution in [2.24, 2.45) is 0 Å². The summed E-state index contributed by atoms with van der Waals surface area (Å²) in [4.78, 5) is 17.3. The maximum absolute atomic E-state index is 11.8. The number of aromatic amines is 1. The highest BCUT2D eigenvalue weighted by Crippen LogP contribution is 2.35. The molecule has 3 nitrogen and oxygen atoms in total. The molecule has 1 aromatic heterocycles. The van der Waals surface area contributed by atoms with Gasteiger partial charge >= 0.3 is 0 Å². The van der Waals surface area contributed by atoms with Gasteiger partial charge in [0.25, 0.3) is 0 Å². The molecule has 2 aromatic rings. The van der Waals surface area contributed by atoms with E-state index < -0.39 is 0 Å². The molecule has 3 heteroatoms. The molecule has 1 aliphatic rings. The summed E-state index contributed by atoms with van der Waals surface area (Å²) in [6, 6.07) is 8.53. The van der Waals surface area contributed by atoms with Crippen LogP contribution in [0.2, 0.25) is 0 Å². The molecule has 1 aliphatic heterocycles. The highest BCUT2D eigenvalue weighted by molar-refractivity contribution is 5.85. The number of nitrogens with one attached hydrogen (secondary N) is 1.